The Morgan fingerprint density at radius 1 is 1.06 bits per heavy atom. The molecule has 0 unspecified atom stereocenters. The fourth-order valence-electron chi connectivity index (χ4n) is 1.62. The number of hydrogen-bond acceptors (Lipinski definition) is 5. The van der Waals surface area contributed by atoms with Crippen molar-refractivity contribution < 1.29 is 25.2 Å². The van der Waals surface area contributed by atoms with Crippen LogP contribution in [0.15, 0.2) is 24.3 Å². The third-order valence-electron chi connectivity index (χ3n) is 2.57. The molecular weight excluding hydrogens is 224 g/mol. The van der Waals surface area contributed by atoms with Crippen LogP contribution in [0.3, 0.4) is 0 Å². The van der Waals surface area contributed by atoms with Gasteiger partial charge in [0.15, 0.2) is 0 Å². The number of aromatic hydroxyl groups is 1. The Morgan fingerprint density at radius 2 is 1.71 bits per heavy atom. The summed E-state index contributed by atoms with van der Waals surface area (Å²) in [6.45, 7) is -0.622. The van der Waals surface area contributed by atoms with Crippen molar-refractivity contribution in [1.29, 1.82) is 0 Å². The zero-order chi connectivity index (χ0) is 12.7. The largest absolute Gasteiger partial charge is 0.508 e. The first-order valence-corrected chi connectivity index (χ1v) is 5.46. The van der Waals surface area contributed by atoms with Crippen molar-refractivity contribution in [2.75, 3.05) is 19.8 Å². The van der Waals surface area contributed by atoms with Gasteiger partial charge in [0.2, 0.25) is 0 Å². The molecule has 0 heterocycles. The van der Waals surface area contributed by atoms with Crippen molar-refractivity contribution in [3.63, 3.8) is 0 Å². The van der Waals surface area contributed by atoms with Crippen molar-refractivity contribution in [1.82, 2.24) is 0 Å². The Morgan fingerprint density at radius 3 is 2.18 bits per heavy atom. The van der Waals surface area contributed by atoms with E-state index in [-0.39, 0.29) is 38.4 Å². The molecular formula is C12H18O5. The highest BCUT2D eigenvalue weighted by Gasteiger charge is 2.30. The predicted octanol–water partition coefficient (Wildman–Crippen LogP) is 0.267. The Bertz CT molecular complexity index is 333. The molecule has 0 atom stereocenters. The predicted molar refractivity (Wildman–Crippen MR) is 62.0 cm³/mol. The summed E-state index contributed by atoms with van der Waals surface area (Å²) in [4.78, 5) is 0. The average Bonchev–Trinajstić information content (AvgIpc) is 2.29. The summed E-state index contributed by atoms with van der Waals surface area (Å²) in [6.07, 6.45) is 0.416. The first-order chi connectivity index (χ1) is 8.15. The molecule has 1 aromatic rings. The number of ether oxygens (including phenoxy) is 1. The topological polar surface area (TPSA) is 90.2 Å². The number of hydrogen-bond donors (Lipinski definition) is 4. The number of benzene rings is 1. The third kappa shape index (κ3) is 3.89. The molecule has 0 saturated heterocycles. The van der Waals surface area contributed by atoms with Gasteiger partial charge < -0.3 is 25.2 Å². The van der Waals surface area contributed by atoms with E-state index in [9.17, 15) is 10.2 Å². The first kappa shape index (κ1) is 13.8. The second kappa shape index (κ2) is 6.44. The van der Waals surface area contributed by atoms with Crippen molar-refractivity contribution in [2.24, 2.45) is 0 Å². The lowest BCUT2D eigenvalue weighted by molar-refractivity contribution is -0.0262. The van der Waals surface area contributed by atoms with E-state index in [1.54, 1.807) is 12.1 Å². The number of phenols is 1. The van der Waals surface area contributed by atoms with Crippen LogP contribution in [-0.2, 0) is 0 Å². The minimum absolute atomic E-state index is 0.0577. The van der Waals surface area contributed by atoms with Crippen molar-refractivity contribution in [2.45, 2.75) is 18.4 Å². The molecule has 0 aliphatic carbocycles. The fourth-order valence-corrected chi connectivity index (χ4v) is 1.62. The summed E-state index contributed by atoms with van der Waals surface area (Å²) < 4.78 is 5.58. The second-order valence-electron chi connectivity index (χ2n) is 3.89. The molecule has 0 spiro atoms. The van der Waals surface area contributed by atoms with Crippen LogP contribution in [0.1, 0.15) is 12.8 Å². The van der Waals surface area contributed by atoms with Gasteiger partial charge in [0.25, 0.3) is 0 Å². The quantitative estimate of drug-likeness (QED) is 0.551. The molecule has 5 heteroatoms. The monoisotopic (exact) mass is 242 g/mol. The molecule has 0 aliphatic heterocycles. The highest BCUT2D eigenvalue weighted by Crippen LogP contribution is 2.26. The van der Waals surface area contributed by atoms with Crippen LogP contribution in [0.25, 0.3) is 0 Å². The first-order valence-electron chi connectivity index (χ1n) is 5.46. The summed E-state index contributed by atoms with van der Waals surface area (Å²) in [5.41, 5.74) is -1.02. The lowest BCUT2D eigenvalue weighted by Gasteiger charge is -2.31. The minimum Gasteiger partial charge on any atom is -0.508 e. The Labute approximate surface area is 99.9 Å². The highest BCUT2D eigenvalue weighted by molar-refractivity contribution is 5.32. The van der Waals surface area contributed by atoms with Crippen molar-refractivity contribution in [3.8, 4) is 11.5 Å². The van der Waals surface area contributed by atoms with Crippen LogP contribution in [0.2, 0.25) is 0 Å². The van der Waals surface area contributed by atoms with Crippen LogP contribution in [0.4, 0.5) is 0 Å². The van der Waals surface area contributed by atoms with Gasteiger partial charge in [-0.1, -0.05) is 6.07 Å². The molecule has 5 nitrogen and oxygen atoms in total. The van der Waals surface area contributed by atoms with Gasteiger partial charge >= 0.3 is 0 Å². The summed E-state index contributed by atoms with van der Waals surface area (Å²) in [6, 6.07) is 6.17. The maximum Gasteiger partial charge on any atom is 0.136 e. The van der Waals surface area contributed by atoms with Crippen LogP contribution in [0.5, 0.6) is 11.5 Å². The molecule has 0 amide bonds. The summed E-state index contributed by atoms with van der Waals surface area (Å²) >= 11 is 0. The lowest BCUT2D eigenvalue weighted by atomic mass is 9.97. The van der Waals surface area contributed by atoms with Gasteiger partial charge in [-0.2, -0.15) is 0 Å². The van der Waals surface area contributed by atoms with Gasteiger partial charge in [0, 0.05) is 32.1 Å². The van der Waals surface area contributed by atoms with Crippen molar-refractivity contribution in [3.05, 3.63) is 24.3 Å². The van der Waals surface area contributed by atoms with Crippen molar-refractivity contribution >= 4 is 0 Å². The van der Waals surface area contributed by atoms with Crippen LogP contribution in [-0.4, -0.2) is 45.8 Å². The van der Waals surface area contributed by atoms with Gasteiger partial charge in [-0.05, 0) is 12.1 Å². The summed E-state index contributed by atoms with van der Waals surface area (Å²) in [5, 5.41) is 36.6. The molecule has 1 aromatic carbocycles. The zero-order valence-corrected chi connectivity index (χ0v) is 9.54. The van der Waals surface area contributed by atoms with Gasteiger partial charge in [0.1, 0.15) is 17.1 Å². The number of phenolic OH excluding ortho intramolecular Hbond substituents is 1. The third-order valence-corrected chi connectivity index (χ3v) is 2.57. The standard InChI is InChI=1S/C12H18O5/c13-6-4-12(9-15,5-7-14)17-11-3-1-2-10(16)8-11/h1-3,8,13-16H,4-7,9H2. The van der Waals surface area contributed by atoms with E-state index < -0.39 is 5.60 Å². The molecule has 0 aliphatic rings. The Balaban J connectivity index is 2.84. The number of aliphatic hydroxyl groups is 3. The van der Waals surface area contributed by atoms with Gasteiger partial charge in [-0.15, -0.1) is 0 Å². The lowest BCUT2D eigenvalue weighted by Crippen LogP contribution is -2.42. The average molecular weight is 242 g/mol. The van der Waals surface area contributed by atoms with E-state index in [4.69, 9.17) is 14.9 Å². The summed E-state index contributed by atoms with van der Waals surface area (Å²) in [5.74, 6) is 0.447. The van der Waals surface area contributed by atoms with E-state index in [1.807, 2.05) is 0 Å². The van der Waals surface area contributed by atoms with E-state index in [1.165, 1.54) is 12.1 Å². The Kier molecular flexibility index (Phi) is 5.21. The highest BCUT2D eigenvalue weighted by atomic mass is 16.5. The maximum absolute atomic E-state index is 9.36. The number of rotatable bonds is 7. The zero-order valence-electron chi connectivity index (χ0n) is 9.54. The Hall–Kier alpha value is -1.30. The van der Waals surface area contributed by atoms with Crippen LogP contribution in [0, 0.1) is 0 Å². The van der Waals surface area contributed by atoms with Gasteiger partial charge in [0.05, 0.1) is 6.61 Å². The second-order valence-corrected chi connectivity index (χ2v) is 3.89. The molecule has 96 valence electrons. The van der Waals surface area contributed by atoms with E-state index in [2.05, 4.69) is 0 Å². The van der Waals surface area contributed by atoms with Crippen LogP contribution >= 0.6 is 0 Å². The molecule has 4 N–H and O–H groups in total. The van der Waals surface area contributed by atoms with E-state index in [0.717, 1.165) is 0 Å². The molecule has 0 radical (unpaired) electrons. The fraction of sp³-hybridized carbons (Fsp3) is 0.500. The normalized spacial score (nSPS) is 11.5. The molecule has 17 heavy (non-hydrogen) atoms. The van der Waals surface area contributed by atoms with E-state index >= 15 is 0 Å². The molecule has 0 saturated carbocycles. The minimum atomic E-state index is -1.02. The molecule has 0 fully saturated rings. The summed E-state index contributed by atoms with van der Waals surface area (Å²) in [7, 11) is 0. The van der Waals surface area contributed by atoms with Crippen LogP contribution < -0.4 is 4.74 Å². The SMILES string of the molecule is OCCC(CO)(CCO)Oc1cccc(O)c1. The van der Waals surface area contributed by atoms with Gasteiger partial charge in [-0.3, -0.25) is 0 Å². The van der Waals surface area contributed by atoms with Gasteiger partial charge in [-0.25, -0.2) is 0 Å². The van der Waals surface area contributed by atoms with E-state index in [0.29, 0.717) is 5.75 Å². The molecule has 0 aromatic heterocycles. The maximum atomic E-state index is 9.36. The smallest absolute Gasteiger partial charge is 0.136 e. The molecule has 0 bridgehead atoms. The number of aliphatic hydroxyl groups excluding tert-OH is 3. The molecule has 1 rings (SSSR count).